The highest BCUT2D eigenvalue weighted by atomic mass is 35.5. The van der Waals surface area contributed by atoms with Crippen molar-refractivity contribution in [2.24, 2.45) is 0 Å². The first-order valence-electron chi connectivity index (χ1n) is 9.44. The number of carbonyl (C=O) groups is 1. The molecule has 1 aliphatic carbocycles. The molecular formula is C20H23ClN4O2. The predicted molar refractivity (Wildman–Crippen MR) is 105 cm³/mol. The summed E-state index contributed by atoms with van der Waals surface area (Å²) in [6, 6.07) is 8.82. The minimum absolute atomic E-state index is 0.0432. The summed E-state index contributed by atoms with van der Waals surface area (Å²) in [7, 11) is 0. The van der Waals surface area contributed by atoms with Gasteiger partial charge in [-0.25, -0.2) is 4.68 Å². The summed E-state index contributed by atoms with van der Waals surface area (Å²) < 4.78 is 1.36. The average Bonchev–Trinajstić information content (AvgIpc) is 3.14. The van der Waals surface area contributed by atoms with Crippen LogP contribution in [0.15, 0.2) is 35.1 Å². The van der Waals surface area contributed by atoms with Crippen molar-refractivity contribution in [3.63, 3.8) is 0 Å². The molecule has 0 bridgehead atoms. The number of fused-ring (bicyclic) bond motifs is 1. The number of amides is 1. The van der Waals surface area contributed by atoms with Crippen molar-refractivity contribution in [1.29, 1.82) is 0 Å². The van der Waals surface area contributed by atoms with Crippen LogP contribution in [0.2, 0.25) is 5.02 Å². The normalized spacial score (nSPS) is 17.7. The minimum Gasteiger partial charge on any atom is -0.368 e. The zero-order chi connectivity index (χ0) is 19.0. The Hall–Kier alpha value is -2.34. The summed E-state index contributed by atoms with van der Waals surface area (Å²) in [6.45, 7) is 4.54. The van der Waals surface area contributed by atoms with Gasteiger partial charge in [0.2, 0.25) is 5.91 Å². The van der Waals surface area contributed by atoms with E-state index in [1.807, 2.05) is 29.2 Å². The summed E-state index contributed by atoms with van der Waals surface area (Å²) in [5.74, 6) is -0.0432. The molecule has 1 atom stereocenters. The van der Waals surface area contributed by atoms with Gasteiger partial charge in [-0.2, -0.15) is 5.10 Å². The van der Waals surface area contributed by atoms with E-state index < -0.39 is 6.04 Å². The standard InChI is InChI=1S/C20H23ClN4O2/c1-14(25-19(26)13-15-3-2-4-18(15)22-25)20(27)24-11-9-23(10-12-24)17-7-5-16(21)6-8-17/h5-8,13-14H,2-4,9-12H2,1H3. The van der Waals surface area contributed by atoms with E-state index in [1.165, 1.54) is 4.68 Å². The Morgan fingerprint density at radius 2 is 1.81 bits per heavy atom. The van der Waals surface area contributed by atoms with Gasteiger partial charge in [0.15, 0.2) is 0 Å². The lowest BCUT2D eigenvalue weighted by Gasteiger charge is -2.37. The van der Waals surface area contributed by atoms with E-state index in [2.05, 4.69) is 10.00 Å². The van der Waals surface area contributed by atoms with Crippen LogP contribution < -0.4 is 10.5 Å². The second kappa shape index (κ2) is 7.35. The molecule has 0 radical (unpaired) electrons. The number of benzene rings is 1. The molecule has 0 N–H and O–H groups in total. The highest BCUT2D eigenvalue weighted by Crippen LogP contribution is 2.21. The summed E-state index contributed by atoms with van der Waals surface area (Å²) >= 11 is 5.95. The van der Waals surface area contributed by atoms with Gasteiger partial charge in [0.05, 0.1) is 5.69 Å². The van der Waals surface area contributed by atoms with E-state index in [1.54, 1.807) is 13.0 Å². The Morgan fingerprint density at radius 3 is 2.52 bits per heavy atom. The molecule has 1 saturated heterocycles. The monoisotopic (exact) mass is 386 g/mol. The summed E-state index contributed by atoms with van der Waals surface area (Å²) in [5, 5.41) is 5.19. The number of anilines is 1. The summed E-state index contributed by atoms with van der Waals surface area (Å²) in [4.78, 5) is 29.4. The minimum atomic E-state index is -0.578. The number of hydrogen-bond donors (Lipinski definition) is 0. The lowest BCUT2D eigenvalue weighted by Crippen LogP contribution is -2.51. The predicted octanol–water partition coefficient (Wildman–Crippen LogP) is 2.30. The number of piperazine rings is 1. The molecule has 2 aliphatic rings. The molecule has 1 aromatic carbocycles. The zero-order valence-electron chi connectivity index (χ0n) is 15.4. The second-order valence-electron chi connectivity index (χ2n) is 7.22. The van der Waals surface area contributed by atoms with Gasteiger partial charge in [-0.15, -0.1) is 0 Å². The maximum atomic E-state index is 12.9. The largest absolute Gasteiger partial charge is 0.368 e. The smallest absolute Gasteiger partial charge is 0.267 e. The molecule has 142 valence electrons. The molecule has 27 heavy (non-hydrogen) atoms. The fourth-order valence-corrected chi connectivity index (χ4v) is 4.02. The van der Waals surface area contributed by atoms with Crippen LogP contribution in [0.5, 0.6) is 0 Å². The highest BCUT2D eigenvalue weighted by Gasteiger charge is 2.28. The quantitative estimate of drug-likeness (QED) is 0.812. The molecule has 1 amide bonds. The number of carbonyl (C=O) groups excluding carboxylic acids is 1. The molecular weight excluding hydrogens is 364 g/mol. The molecule has 1 unspecified atom stereocenters. The number of aromatic nitrogens is 2. The van der Waals surface area contributed by atoms with Crippen LogP contribution in [0, 0.1) is 0 Å². The number of rotatable bonds is 3. The Balaban J connectivity index is 1.43. The Bertz CT molecular complexity index is 901. The van der Waals surface area contributed by atoms with Gasteiger partial charge in [-0.3, -0.25) is 9.59 Å². The number of aryl methyl sites for hydroxylation is 2. The van der Waals surface area contributed by atoms with Crippen LogP contribution in [0.1, 0.15) is 30.6 Å². The van der Waals surface area contributed by atoms with Crippen molar-refractivity contribution in [3.8, 4) is 0 Å². The molecule has 4 rings (SSSR count). The fraction of sp³-hybridized carbons (Fsp3) is 0.450. The second-order valence-corrected chi connectivity index (χ2v) is 7.65. The molecule has 1 fully saturated rings. The molecule has 6 nitrogen and oxygen atoms in total. The fourth-order valence-electron chi connectivity index (χ4n) is 3.90. The summed E-state index contributed by atoms with van der Waals surface area (Å²) in [5.41, 5.74) is 2.92. The van der Waals surface area contributed by atoms with Crippen LogP contribution in [-0.2, 0) is 17.6 Å². The van der Waals surface area contributed by atoms with Gasteiger partial charge in [0.25, 0.3) is 5.56 Å². The third-order valence-electron chi connectivity index (χ3n) is 5.49. The van der Waals surface area contributed by atoms with Crippen LogP contribution in [0.3, 0.4) is 0 Å². The molecule has 7 heteroatoms. The van der Waals surface area contributed by atoms with Crippen molar-refractivity contribution in [1.82, 2.24) is 14.7 Å². The van der Waals surface area contributed by atoms with E-state index in [9.17, 15) is 9.59 Å². The van der Waals surface area contributed by atoms with Crippen molar-refractivity contribution >= 4 is 23.2 Å². The first-order chi connectivity index (χ1) is 13.0. The van der Waals surface area contributed by atoms with Crippen molar-refractivity contribution < 1.29 is 4.79 Å². The van der Waals surface area contributed by atoms with Crippen molar-refractivity contribution in [2.45, 2.75) is 32.2 Å². The van der Waals surface area contributed by atoms with E-state index >= 15 is 0 Å². The van der Waals surface area contributed by atoms with Crippen molar-refractivity contribution in [3.05, 3.63) is 57.0 Å². The third kappa shape index (κ3) is 3.58. The first-order valence-corrected chi connectivity index (χ1v) is 9.81. The molecule has 1 aromatic heterocycles. The van der Waals surface area contributed by atoms with E-state index in [-0.39, 0.29) is 11.5 Å². The first kappa shape index (κ1) is 18.0. The molecule has 0 saturated carbocycles. The van der Waals surface area contributed by atoms with Gasteiger partial charge in [0, 0.05) is 43.0 Å². The van der Waals surface area contributed by atoms with Gasteiger partial charge >= 0.3 is 0 Å². The Kier molecular flexibility index (Phi) is 4.91. The third-order valence-corrected chi connectivity index (χ3v) is 5.74. The van der Waals surface area contributed by atoms with Gasteiger partial charge in [0.1, 0.15) is 6.04 Å². The maximum absolute atomic E-state index is 12.9. The number of hydrogen-bond acceptors (Lipinski definition) is 4. The van der Waals surface area contributed by atoms with Crippen LogP contribution in [-0.4, -0.2) is 46.8 Å². The topological polar surface area (TPSA) is 58.4 Å². The highest BCUT2D eigenvalue weighted by molar-refractivity contribution is 6.30. The van der Waals surface area contributed by atoms with Gasteiger partial charge in [-0.05, 0) is 56.0 Å². The Labute approximate surface area is 163 Å². The van der Waals surface area contributed by atoms with E-state index in [4.69, 9.17) is 11.6 Å². The lowest BCUT2D eigenvalue weighted by molar-refractivity contribution is -0.135. The van der Waals surface area contributed by atoms with Crippen LogP contribution in [0.25, 0.3) is 0 Å². The number of nitrogens with zero attached hydrogens (tertiary/aromatic N) is 4. The molecule has 0 spiro atoms. The zero-order valence-corrected chi connectivity index (χ0v) is 16.2. The van der Waals surface area contributed by atoms with Crippen LogP contribution >= 0.6 is 11.6 Å². The molecule has 2 heterocycles. The SMILES string of the molecule is CC(C(=O)N1CCN(c2ccc(Cl)cc2)CC1)n1nc2c(cc1=O)CCC2. The van der Waals surface area contributed by atoms with E-state index in [0.717, 1.165) is 49.3 Å². The lowest BCUT2D eigenvalue weighted by atomic mass is 10.2. The molecule has 1 aliphatic heterocycles. The van der Waals surface area contributed by atoms with E-state index in [0.29, 0.717) is 18.1 Å². The van der Waals surface area contributed by atoms with Crippen molar-refractivity contribution in [2.75, 3.05) is 31.1 Å². The van der Waals surface area contributed by atoms with Gasteiger partial charge < -0.3 is 9.80 Å². The Morgan fingerprint density at radius 1 is 1.11 bits per heavy atom. The maximum Gasteiger partial charge on any atom is 0.267 e. The number of halogens is 1. The molecule has 2 aromatic rings. The van der Waals surface area contributed by atoms with Gasteiger partial charge in [-0.1, -0.05) is 11.6 Å². The average molecular weight is 387 g/mol. The summed E-state index contributed by atoms with van der Waals surface area (Å²) in [6.07, 6.45) is 2.82. The van der Waals surface area contributed by atoms with Crippen LogP contribution in [0.4, 0.5) is 5.69 Å².